The second kappa shape index (κ2) is 6.36. The summed E-state index contributed by atoms with van der Waals surface area (Å²) >= 11 is 0. The predicted molar refractivity (Wildman–Crippen MR) is 70.9 cm³/mol. The second-order valence-electron chi connectivity index (χ2n) is 4.52. The van der Waals surface area contributed by atoms with Crippen molar-refractivity contribution in [3.05, 3.63) is 17.0 Å². The zero-order chi connectivity index (χ0) is 14.6. The molecule has 6 heteroatoms. The molecule has 0 radical (unpaired) electrons. The van der Waals surface area contributed by atoms with Crippen molar-refractivity contribution in [3.8, 4) is 0 Å². The van der Waals surface area contributed by atoms with Crippen molar-refractivity contribution in [2.45, 2.75) is 33.1 Å². The number of likely N-dealkylation sites (N-methyl/N-ethyl adjacent to an activating group) is 1. The summed E-state index contributed by atoms with van der Waals surface area (Å²) in [5.74, 6) is -1.20. The minimum Gasteiger partial charge on any atom is -0.480 e. The van der Waals surface area contributed by atoms with Crippen molar-refractivity contribution in [3.63, 3.8) is 0 Å². The minimum absolute atomic E-state index is 0.195. The Kier molecular flexibility index (Phi) is 5.09. The van der Waals surface area contributed by atoms with Gasteiger partial charge in [-0.3, -0.25) is 14.3 Å². The van der Waals surface area contributed by atoms with Crippen LogP contribution in [0.4, 0.5) is 0 Å². The van der Waals surface area contributed by atoms with E-state index < -0.39 is 5.97 Å². The lowest BCUT2D eigenvalue weighted by atomic mass is 10.1. The fourth-order valence-corrected chi connectivity index (χ4v) is 2.17. The van der Waals surface area contributed by atoms with E-state index in [0.29, 0.717) is 0 Å². The molecule has 1 N–H and O–H groups in total. The average Bonchev–Trinajstić information content (AvgIpc) is 2.63. The summed E-state index contributed by atoms with van der Waals surface area (Å²) in [6.07, 6.45) is 1.78. The zero-order valence-corrected chi connectivity index (χ0v) is 11.9. The Balaban J connectivity index is 2.92. The summed E-state index contributed by atoms with van der Waals surface area (Å²) < 4.78 is 1.80. The largest absolute Gasteiger partial charge is 0.480 e. The van der Waals surface area contributed by atoms with Gasteiger partial charge >= 0.3 is 5.97 Å². The van der Waals surface area contributed by atoms with Crippen LogP contribution in [0.15, 0.2) is 0 Å². The molecule has 0 aromatic carbocycles. The number of aryl methyl sites for hydroxylation is 2. The highest BCUT2D eigenvalue weighted by Gasteiger charge is 2.19. The van der Waals surface area contributed by atoms with Crippen molar-refractivity contribution in [2.24, 2.45) is 7.05 Å². The molecule has 0 aliphatic heterocycles. The van der Waals surface area contributed by atoms with Gasteiger partial charge in [-0.2, -0.15) is 5.10 Å². The third-order valence-electron chi connectivity index (χ3n) is 3.15. The molecule has 1 heterocycles. The maximum Gasteiger partial charge on any atom is 0.323 e. The minimum atomic E-state index is -1.01. The van der Waals surface area contributed by atoms with Gasteiger partial charge in [0.15, 0.2) is 0 Å². The van der Waals surface area contributed by atoms with Crippen molar-refractivity contribution in [2.75, 3.05) is 13.6 Å². The molecule has 6 nitrogen and oxygen atoms in total. The van der Waals surface area contributed by atoms with Crippen LogP contribution in [0, 0.1) is 0 Å². The number of hydrogen-bond donors (Lipinski definition) is 1. The molecule has 0 bridgehead atoms. The van der Waals surface area contributed by atoms with Gasteiger partial charge in [-0.15, -0.1) is 0 Å². The lowest BCUT2D eigenvalue weighted by Crippen LogP contribution is -2.33. The van der Waals surface area contributed by atoms with Crippen LogP contribution in [0.25, 0.3) is 0 Å². The first-order chi connectivity index (χ1) is 8.90. The van der Waals surface area contributed by atoms with E-state index in [0.717, 1.165) is 29.8 Å². The molecule has 0 fully saturated rings. The van der Waals surface area contributed by atoms with Gasteiger partial charge in [0.05, 0.1) is 12.1 Å². The number of aromatic nitrogens is 2. The predicted octanol–water partition coefficient (Wildman–Crippen LogP) is 0.630. The van der Waals surface area contributed by atoms with Crippen LogP contribution in [0.1, 0.15) is 30.8 Å². The second-order valence-corrected chi connectivity index (χ2v) is 4.52. The summed E-state index contributed by atoms with van der Waals surface area (Å²) in [5, 5.41) is 13.1. The summed E-state index contributed by atoms with van der Waals surface area (Å²) in [6, 6.07) is 0. The van der Waals surface area contributed by atoms with Crippen molar-refractivity contribution in [1.82, 2.24) is 14.7 Å². The highest BCUT2D eigenvalue weighted by Crippen LogP contribution is 2.16. The van der Waals surface area contributed by atoms with E-state index >= 15 is 0 Å². The number of rotatable bonds is 6. The Labute approximate surface area is 113 Å². The number of hydrogen-bond acceptors (Lipinski definition) is 3. The van der Waals surface area contributed by atoms with E-state index in [1.165, 1.54) is 11.9 Å². The van der Waals surface area contributed by atoms with Crippen molar-refractivity contribution >= 4 is 11.9 Å². The van der Waals surface area contributed by atoms with Crippen molar-refractivity contribution in [1.29, 1.82) is 0 Å². The maximum atomic E-state index is 12.0. The molecule has 106 valence electrons. The van der Waals surface area contributed by atoms with Gasteiger partial charge in [0.25, 0.3) is 0 Å². The number of carboxylic acid groups (broad SMARTS) is 1. The third-order valence-corrected chi connectivity index (χ3v) is 3.15. The lowest BCUT2D eigenvalue weighted by Gasteiger charge is -2.15. The lowest BCUT2D eigenvalue weighted by molar-refractivity contribution is -0.143. The van der Waals surface area contributed by atoms with Gasteiger partial charge in [0.1, 0.15) is 6.54 Å². The van der Waals surface area contributed by atoms with Gasteiger partial charge in [0.2, 0.25) is 5.91 Å². The molecule has 0 saturated carbocycles. The first-order valence-electron chi connectivity index (χ1n) is 6.40. The Bertz CT molecular complexity index is 480. The Morgan fingerprint density at radius 1 is 1.32 bits per heavy atom. The van der Waals surface area contributed by atoms with Gasteiger partial charge in [-0.1, -0.05) is 13.8 Å². The molecule has 19 heavy (non-hydrogen) atoms. The molecule has 0 saturated heterocycles. The quantitative estimate of drug-likeness (QED) is 0.820. The van der Waals surface area contributed by atoms with E-state index in [1.807, 2.05) is 20.9 Å². The standard InChI is InChI=1S/C13H21N3O3/c1-5-10-9(11(6-2)16(4)14-10)7-12(17)15(3)8-13(18)19/h5-8H2,1-4H3,(H,18,19). The first-order valence-corrected chi connectivity index (χ1v) is 6.40. The van der Waals surface area contributed by atoms with Gasteiger partial charge < -0.3 is 10.0 Å². The van der Waals surface area contributed by atoms with Crippen LogP contribution < -0.4 is 0 Å². The number of carbonyl (C=O) groups is 2. The number of nitrogens with zero attached hydrogens (tertiary/aromatic N) is 3. The van der Waals surface area contributed by atoms with E-state index in [-0.39, 0.29) is 18.9 Å². The first kappa shape index (κ1) is 15.2. The number of carbonyl (C=O) groups excluding carboxylic acids is 1. The summed E-state index contributed by atoms with van der Waals surface area (Å²) in [6.45, 7) is 3.74. The van der Waals surface area contributed by atoms with Crippen LogP contribution in [0.2, 0.25) is 0 Å². The smallest absolute Gasteiger partial charge is 0.323 e. The third kappa shape index (κ3) is 3.56. The Morgan fingerprint density at radius 2 is 1.95 bits per heavy atom. The summed E-state index contributed by atoms with van der Waals surface area (Å²) in [4.78, 5) is 23.9. The van der Waals surface area contributed by atoms with E-state index in [1.54, 1.807) is 4.68 Å². The molecule has 0 atom stereocenters. The van der Waals surface area contributed by atoms with E-state index in [2.05, 4.69) is 5.10 Å². The van der Waals surface area contributed by atoms with Crippen LogP contribution >= 0.6 is 0 Å². The van der Waals surface area contributed by atoms with Crippen LogP contribution in [-0.4, -0.2) is 45.3 Å². The number of amides is 1. The fourth-order valence-electron chi connectivity index (χ4n) is 2.17. The number of carboxylic acids is 1. The molecule has 0 spiro atoms. The van der Waals surface area contributed by atoms with Gasteiger partial charge in [-0.05, 0) is 12.8 Å². The molecule has 1 rings (SSSR count). The molecule has 0 aliphatic rings. The molecular formula is C13H21N3O3. The van der Waals surface area contributed by atoms with Gasteiger partial charge in [0, 0.05) is 25.4 Å². The van der Waals surface area contributed by atoms with Crippen molar-refractivity contribution < 1.29 is 14.7 Å². The summed E-state index contributed by atoms with van der Waals surface area (Å²) in [5.41, 5.74) is 2.89. The van der Waals surface area contributed by atoms with Crippen LogP contribution in [-0.2, 0) is 35.9 Å². The molecular weight excluding hydrogens is 246 g/mol. The number of aliphatic carboxylic acids is 1. The fraction of sp³-hybridized carbons (Fsp3) is 0.615. The van der Waals surface area contributed by atoms with Crippen LogP contribution in [0.3, 0.4) is 0 Å². The molecule has 0 aliphatic carbocycles. The van der Waals surface area contributed by atoms with E-state index in [4.69, 9.17) is 5.11 Å². The Hall–Kier alpha value is -1.85. The highest BCUT2D eigenvalue weighted by atomic mass is 16.4. The average molecular weight is 267 g/mol. The normalized spacial score (nSPS) is 10.5. The molecule has 1 aromatic rings. The highest BCUT2D eigenvalue weighted by molar-refractivity contribution is 5.83. The summed E-state index contributed by atoms with van der Waals surface area (Å²) in [7, 11) is 3.37. The van der Waals surface area contributed by atoms with Gasteiger partial charge in [-0.25, -0.2) is 0 Å². The monoisotopic (exact) mass is 267 g/mol. The maximum absolute atomic E-state index is 12.0. The van der Waals surface area contributed by atoms with E-state index in [9.17, 15) is 9.59 Å². The topological polar surface area (TPSA) is 75.4 Å². The molecule has 1 amide bonds. The molecule has 1 aromatic heterocycles. The SMILES string of the molecule is CCc1nn(C)c(CC)c1CC(=O)N(C)CC(=O)O. The Morgan fingerprint density at radius 3 is 2.42 bits per heavy atom. The van der Waals surface area contributed by atoms with Crippen LogP contribution in [0.5, 0.6) is 0 Å². The molecule has 0 unspecified atom stereocenters. The zero-order valence-electron chi connectivity index (χ0n) is 11.9.